The first-order valence-corrected chi connectivity index (χ1v) is 10.7. The van der Waals surface area contributed by atoms with Gasteiger partial charge in [-0.05, 0) is 55.8 Å². The summed E-state index contributed by atoms with van der Waals surface area (Å²) in [6.07, 6.45) is 0. The van der Waals surface area contributed by atoms with Crippen molar-refractivity contribution in [2.75, 3.05) is 13.7 Å². The lowest BCUT2D eigenvalue weighted by Gasteiger charge is -2.17. The highest BCUT2D eigenvalue weighted by atomic mass is 16.5. The van der Waals surface area contributed by atoms with E-state index >= 15 is 0 Å². The fourth-order valence-electron chi connectivity index (χ4n) is 3.79. The summed E-state index contributed by atoms with van der Waals surface area (Å²) in [5.74, 6) is 1.96. The molecule has 0 aliphatic rings. The number of hydrogen-bond acceptors (Lipinski definition) is 4. The molecule has 0 radical (unpaired) electrons. The summed E-state index contributed by atoms with van der Waals surface area (Å²) in [7, 11) is 1.56. The second kappa shape index (κ2) is 9.56. The third-order valence-electron chi connectivity index (χ3n) is 5.34. The van der Waals surface area contributed by atoms with E-state index in [-0.39, 0.29) is 11.9 Å². The summed E-state index contributed by atoms with van der Waals surface area (Å²) in [6, 6.07) is 22.8. The average molecular weight is 430 g/mol. The molecule has 0 spiro atoms. The van der Waals surface area contributed by atoms with Crippen molar-refractivity contribution in [3.05, 3.63) is 89.7 Å². The molecule has 1 atom stereocenters. The van der Waals surface area contributed by atoms with Gasteiger partial charge in [-0.1, -0.05) is 36.4 Å². The highest BCUT2D eigenvalue weighted by Crippen LogP contribution is 2.23. The van der Waals surface area contributed by atoms with Gasteiger partial charge in [-0.2, -0.15) is 0 Å². The van der Waals surface area contributed by atoms with E-state index in [9.17, 15) is 4.79 Å². The van der Waals surface area contributed by atoms with E-state index in [1.54, 1.807) is 19.2 Å². The van der Waals surface area contributed by atoms with Crippen LogP contribution in [-0.2, 0) is 6.54 Å². The number of benzene rings is 3. The van der Waals surface area contributed by atoms with E-state index in [2.05, 4.69) is 9.88 Å². The zero-order valence-electron chi connectivity index (χ0n) is 18.5. The van der Waals surface area contributed by atoms with Crippen LogP contribution < -0.4 is 14.8 Å². The third-order valence-corrected chi connectivity index (χ3v) is 5.34. The molecule has 1 aromatic heterocycles. The molecular weight excluding hydrogens is 402 g/mol. The van der Waals surface area contributed by atoms with Crippen LogP contribution in [0.4, 0.5) is 0 Å². The SMILES string of the molecule is COc1ccccc1C(=O)NC(C)c1nc2ccccc2n1CCOc1cccc(C)c1. The number of aromatic nitrogens is 2. The Kier molecular flexibility index (Phi) is 6.40. The Morgan fingerprint density at radius 3 is 2.66 bits per heavy atom. The second-order valence-electron chi connectivity index (χ2n) is 7.67. The van der Waals surface area contributed by atoms with Crippen molar-refractivity contribution in [1.29, 1.82) is 0 Å². The molecule has 0 aliphatic carbocycles. The number of carbonyl (C=O) groups is 1. The van der Waals surface area contributed by atoms with E-state index in [1.807, 2.05) is 74.5 Å². The van der Waals surface area contributed by atoms with Crippen LogP contribution in [0.1, 0.15) is 34.7 Å². The molecule has 3 aromatic carbocycles. The summed E-state index contributed by atoms with van der Waals surface area (Å²) < 4.78 is 13.4. The van der Waals surface area contributed by atoms with Crippen LogP contribution in [0.15, 0.2) is 72.8 Å². The number of nitrogens with one attached hydrogen (secondary N) is 1. The highest BCUT2D eigenvalue weighted by Gasteiger charge is 2.20. The summed E-state index contributed by atoms with van der Waals surface area (Å²) in [5.41, 5.74) is 3.54. The molecule has 4 rings (SSSR count). The van der Waals surface area contributed by atoms with Gasteiger partial charge in [0.2, 0.25) is 0 Å². The van der Waals surface area contributed by atoms with E-state index in [0.717, 1.165) is 28.2 Å². The van der Waals surface area contributed by atoms with Gasteiger partial charge in [-0.25, -0.2) is 4.98 Å². The molecule has 0 saturated heterocycles. The first kappa shape index (κ1) is 21.4. The number of ether oxygens (including phenoxy) is 2. The number of amides is 1. The highest BCUT2D eigenvalue weighted by molar-refractivity contribution is 5.97. The maximum Gasteiger partial charge on any atom is 0.255 e. The van der Waals surface area contributed by atoms with Crippen molar-refractivity contribution < 1.29 is 14.3 Å². The standard InChI is InChI=1S/C26H27N3O3/c1-18-9-8-10-20(17-18)32-16-15-29-23-13-6-5-12-22(23)28-25(29)19(2)27-26(30)21-11-4-7-14-24(21)31-3/h4-14,17,19H,15-16H2,1-3H3,(H,27,30). The van der Waals surface area contributed by atoms with Crippen molar-refractivity contribution in [2.45, 2.75) is 26.4 Å². The molecule has 0 saturated carbocycles. The Bertz CT molecular complexity index is 1230. The van der Waals surface area contributed by atoms with Crippen molar-refractivity contribution in [3.8, 4) is 11.5 Å². The minimum Gasteiger partial charge on any atom is -0.496 e. The topological polar surface area (TPSA) is 65.4 Å². The molecule has 1 N–H and O–H groups in total. The largest absolute Gasteiger partial charge is 0.496 e. The van der Waals surface area contributed by atoms with Crippen LogP contribution in [0.2, 0.25) is 0 Å². The van der Waals surface area contributed by atoms with Gasteiger partial charge in [-0.3, -0.25) is 4.79 Å². The monoisotopic (exact) mass is 429 g/mol. The summed E-state index contributed by atoms with van der Waals surface area (Å²) in [5, 5.41) is 3.06. The van der Waals surface area contributed by atoms with E-state index in [0.29, 0.717) is 24.5 Å². The predicted octanol–water partition coefficient (Wildman–Crippen LogP) is 4.92. The number of aryl methyl sites for hydroxylation is 1. The Labute approximate surface area is 187 Å². The number of methoxy groups -OCH3 is 1. The zero-order valence-corrected chi connectivity index (χ0v) is 18.5. The molecule has 4 aromatic rings. The first-order chi connectivity index (χ1) is 15.6. The smallest absolute Gasteiger partial charge is 0.255 e. The van der Waals surface area contributed by atoms with Crippen molar-refractivity contribution >= 4 is 16.9 Å². The van der Waals surface area contributed by atoms with Crippen LogP contribution in [0.5, 0.6) is 11.5 Å². The Morgan fingerprint density at radius 2 is 1.84 bits per heavy atom. The van der Waals surface area contributed by atoms with Crippen LogP contribution in [0, 0.1) is 6.92 Å². The van der Waals surface area contributed by atoms with Gasteiger partial charge >= 0.3 is 0 Å². The number of para-hydroxylation sites is 3. The van der Waals surface area contributed by atoms with Crippen molar-refractivity contribution in [2.24, 2.45) is 0 Å². The fourth-order valence-corrected chi connectivity index (χ4v) is 3.79. The summed E-state index contributed by atoms with van der Waals surface area (Å²) in [4.78, 5) is 17.7. The minimum atomic E-state index is -0.307. The molecular formula is C26H27N3O3. The molecule has 0 fully saturated rings. The zero-order chi connectivity index (χ0) is 22.5. The number of rotatable bonds is 8. The van der Waals surface area contributed by atoms with Gasteiger partial charge in [0.15, 0.2) is 0 Å². The fraction of sp³-hybridized carbons (Fsp3) is 0.231. The van der Waals surface area contributed by atoms with E-state index in [1.165, 1.54) is 0 Å². The Hall–Kier alpha value is -3.80. The number of fused-ring (bicyclic) bond motifs is 1. The van der Waals surface area contributed by atoms with E-state index < -0.39 is 0 Å². The third kappa shape index (κ3) is 4.59. The van der Waals surface area contributed by atoms with Gasteiger partial charge in [0.1, 0.15) is 23.9 Å². The molecule has 1 unspecified atom stereocenters. The maximum absolute atomic E-state index is 12.9. The van der Waals surface area contributed by atoms with Crippen LogP contribution in [-0.4, -0.2) is 29.2 Å². The van der Waals surface area contributed by atoms with Gasteiger partial charge in [0, 0.05) is 0 Å². The lowest BCUT2D eigenvalue weighted by molar-refractivity contribution is 0.0934. The van der Waals surface area contributed by atoms with Gasteiger partial charge in [-0.15, -0.1) is 0 Å². The van der Waals surface area contributed by atoms with Crippen LogP contribution >= 0.6 is 0 Å². The number of nitrogens with zero attached hydrogens (tertiary/aromatic N) is 2. The van der Waals surface area contributed by atoms with Gasteiger partial charge in [0.25, 0.3) is 5.91 Å². The Balaban J connectivity index is 1.55. The van der Waals surface area contributed by atoms with Gasteiger partial charge < -0.3 is 19.4 Å². The molecule has 1 heterocycles. The first-order valence-electron chi connectivity index (χ1n) is 10.7. The number of hydrogen-bond donors (Lipinski definition) is 1. The lowest BCUT2D eigenvalue weighted by atomic mass is 10.1. The normalized spacial score (nSPS) is 11.8. The molecule has 6 nitrogen and oxygen atoms in total. The minimum absolute atomic E-state index is 0.204. The maximum atomic E-state index is 12.9. The number of carbonyl (C=O) groups excluding carboxylic acids is 1. The molecule has 6 heteroatoms. The van der Waals surface area contributed by atoms with Crippen molar-refractivity contribution in [1.82, 2.24) is 14.9 Å². The number of imidazole rings is 1. The Morgan fingerprint density at radius 1 is 1.06 bits per heavy atom. The average Bonchev–Trinajstić information content (AvgIpc) is 3.18. The molecule has 32 heavy (non-hydrogen) atoms. The molecule has 0 aliphatic heterocycles. The molecule has 1 amide bonds. The molecule has 0 bridgehead atoms. The van der Waals surface area contributed by atoms with Crippen LogP contribution in [0.3, 0.4) is 0 Å². The molecule has 164 valence electrons. The summed E-state index contributed by atoms with van der Waals surface area (Å²) in [6.45, 7) is 5.08. The summed E-state index contributed by atoms with van der Waals surface area (Å²) >= 11 is 0. The van der Waals surface area contributed by atoms with E-state index in [4.69, 9.17) is 14.5 Å². The van der Waals surface area contributed by atoms with Crippen molar-refractivity contribution in [3.63, 3.8) is 0 Å². The lowest BCUT2D eigenvalue weighted by Crippen LogP contribution is -2.29. The predicted molar refractivity (Wildman–Crippen MR) is 125 cm³/mol. The second-order valence-corrected chi connectivity index (χ2v) is 7.67. The van der Waals surface area contributed by atoms with Gasteiger partial charge in [0.05, 0.1) is 36.3 Å². The van der Waals surface area contributed by atoms with Crippen LogP contribution in [0.25, 0.3) is 11.0 Å². The quantitative estimate of drug-likeness (QED) is 0.432.